The minimum absolute atomic E-state index is 0.126. The molecule has 0 aliphatic carbocycles. The molecule has 0 saturated carbocycles. The van der Waals surface area contributed by atoms with Gasteiger partial charge in [0, 0.05) is 33.8 Å². The van der Waals surface area contributed by atoms with Gasteiger partial charge in [-0.25, -0.2) is 0 Å². The van der Waals surface area contributed by atoms with Gasteiger partial charge in [-0.2, -0.15) is 0 Å². The Kier molecular flexibility index (Phi) is 6.09. The highest BCUT2D eigenvalue weighted by Crippen LogP contribution is 2.28. The summed E-state index contributed by atoms with van der Waals surface area (Å²) >= 11 is 3.37. The molecule has 3 rings (SSSR count). The predicted molar refractivity (Wildman–Crippen MR) is 109 cm³/mol. The number of carbonyl (C=O) groups excluding carboxylic acids is 2. The summed E-state index contributed by atoms with van der Waals surface area (Å²) in [6.45, 7) is 1.46. The van der Waals surface area contributed by atoms with E-state index in [0.717, 1.165) is 10.6 Å². The average molecular weight is 383 g/mol. The van der Waals surface area contributed by atoms with Crippen molar-refractivity contribution in [2.24, 2.45) is 0 Å². The molecule has 1 heterocycles. The van der Waals surface area contributed by atoms with Crippen molar-refractivity contribution in [2.45, 2.75) is 17.6 Å². The van der Waals surface area contributed by atoms with E-state index in [9.17, 15) is 9.59 Å². The zero-order chi connectivity index (χ0) is 18.4. The smallest absolute Gasteiger partial charge is 0.256 e. The third-order valence-corrected chi connectivity index (χ3v) is 5.73. The lowest BCUT2D eigenvalue weighted by Crippen LogP contribution is -2.13. The molecule has 6 heteroatoms. The van der Waals surface area contributed by atoms with Crippen LogP contribution in [0.1, 0.15) is 22.2 Å². The molecule has 0 spiro atoms. The topological polar surface area (TPSA) is 58.2 Å². The molecule has 132 valence electrons. The maximum Gasteiger partial charge on any atom is 0.256 e. The van der Waals surface area contributed by atoms with Crippen LogP contribution in [0.15, 0.2) is 70.9 Å². The summed E-state index contributed by atoms with van der Waals surface area (Å²) in [4.78, 5) is 26.0. The van der Waals surface area contributed by atoms with Crippen molar-refractivity contribution in [2.75, 3.05) is 10.6 Å². The highest BCUT2D eigenvalue weighted by atomic mass is 32.2. The van der Waals surface area contributed by atoms with Crippen molar-refractivity contribution < 1.29 is 9.59 Å². The predicted octanol–water partition coefficient (Wildman–Crippen LogP) is 5.25. The second-order valence-electron chi connectivity index (χ2n) is 5.58. The lowest BCUT2D eigenvalue weighted by molar-refractivity contribution is -0.114. The summed E-state index contributed by atoms with van der Waals surface area (Å²) in [5.74, 6) is 0.568. The van der Waals surface area contributed by atoms with E-state index in [2.05, 4.69) is 22.1 Å². The van der Waals surface area contributed by atoms with E-state index in [1.807, 2.05) is 30.3 Å². The van der Waals surface area contributed by atoms with E-state index < -0.39 is 0 Å². The fourth-order valence-electron chi connectivity index (χ4n) is 2.36. The van der Waals surface area contributed by atoms with Crippen LogP contribution in [0.2, 0.25) is 0 Å². The van der Waals surface area contributed by atoms with Crippen molar-refractivity contribution in [1.29, 1.82) is 0 Å². The Morgan fingerprint density at radius 1 is 0.923 bits per heavy atom. The Hall–Kier alpha value is -2.57. The number of thioether (sulfide) groups is 1. The highest BCUT2D eigenvalue weighted by molar-refractivity contribution is 7.98. The molecule has 0 unspecified atom stereocenters. The Balaban J connectivity index is 1.68. The molecule has 2 N–H and O–H groups in total. The van der Waals surface area contributed by atoms with Crippen molar-refractivity contribution in [3.63, 3.8) is 0 Å². The first-order valence-electron chi connectivity index (χ1n) is 8.05. The number of hydrogen-bond donors (Lipinski definition) is 2. The first kappa shape index (κ1) is 18.2. The Labute approximate surface area is 160 Å². The van der Waals surface area contributed by atoms with Crippen molar-refractivity contribution in [3.8, 4) is 0 Å². The number of amides is 2. The van der Waals surface area contributed by atoms with Gasteiger partial charge >= 0.3 is 0 Å². The van der Waals surface area contributed by atoms with Gasteiger partial charge in [-0.05, 0) is 47.8 Å². The number of rotatable bonds is 6. The summed E-state index contributed by atoms with van der Waals surface area (Å²) in [6, 6.07) is 18.8. The fourth-order valence-corrected chi connectivity index (χ4v) is 4.19. The number of nitrogens with one attached hydrogen (secondary N) is 2. The molecule has 0 aliphatic rings. The Morgan fingerprint density at radius 3 is 2.27 bits per heavy atom. The summed E-state index contributed by atoms with van der Waals surface area (Å²) in [6.07, 6.45) is 0. The minimum atomic E-state index is -0.147. The number of thiophene rings is 1. The molecule has 0 radical (unpaired) electrons. The quantitative estimate of drug-likeness (QED) is 0.572. The van der Waals surface area contributed by atoms with E-state index in [1.165, 1.54) is 11.8 Å². The molecule has 1 aromatic heterocycles. The second kappa shape index (κ2) is 8.69. The van der Waals surface area contributed by atoms with Gasteiger partial charge in [0.15, 0.2) is 0 Å². The first-order valence-corrected chi connectivity index (χ1v) is 9.91. The van der Waals surface area contributed by atoms with Crippen LogP contribution in [0.5, 0.6) is 0 Å². The van der Waals surface area contributed by atoms with E-state index in [0.29, 0.717) is 16.9 Å². The van der Waals surface area contributed by atoms with Crippen LogP contribution < -0.4 is 10.6 Å². The third-order valence-electron chi connectivity index (χ3n) is 3.54. The van der Waals surface area contributed by atoms with Crippen molar-refractivity contribution in [3.05, 3.63) is 76.5 Å². The van der Waals surface area contributed by atoms with Crippen LogP contribution in [0, 0.1) is 0 Å². The molecule has 0 saturated heterocycles. The monoisotopic (exact) mass is 382 g/mol. The SMILES string of the molecule is CC(=O)Nc1ccc(NC(=O)c2ccccc2SCc2cccs2)cc1. The van der Waals surface area contributed by atoms with Crippen LogP contribution in [-0.4, -0.2) is 11.8 Å². The zero-order valence-corrected chi connectivity index (χ0v) is 15.8. The van der Waals surface area contributed by atoms with Crippen LogP contribution in [0.3, 0.4) is 0 Å². The molecular weight excluding hydrogens is 364 g/mol. The molecule has 4 nitrogen and oxygen atoms in total. The number of carbonyl (C=O) groups is 2. The van der Waals surface area contributed by atoms with Crippen molar-refractivity contribution >= 4 is 46.3 Å². The second-order valence-corrected chi connectivity index (χ2v) is 7.63. The van der Waals surface area contributed by atoms with E-state index in [-0.39, 0.29) is 11.8 Å². The fraction of sp³-hybridized carbons (Fsp3) is 0.100. The third kappa shape index (κ3) is 4.97. The van der Waals surface area contributed by atoms with Crippen molar-refractivity contribution in [1.82, 2.24) is 0 Å². The summed E-state index contributed by atoms with van der Waals surface area (Å²) < 4.78 is 0. The van der Waals surface area contributed by atoms with Crippen LogP contribution in [0.25, 0.3) is 0 Å². The molecule has 0 fully saturated rings. The van der Waals surface area contributed by atoms with Gasteiger partial charge in [0.05, 0.1) is 5.56 Å². The molecule has 0 bridgehead atoms. The minimum Gasteiger partial charge on any atom is -0.326 e. The number of benzene rings is 2. The lowest BCUT2D eigenvalue weighted by Gasteiger charge is -2.10. The largest absolute Gasteiger partial charge is 0.326 e. The summed E-state index contributed by atoms with van der Waals surface area (Å²) in [7, 11) is 0. The Bertz CT molecular complexity index is 890. The lowest BCUT2D eigenvalue weighted by atomic mass is 10.2. The summed E-state index contributed by atoms with van der Waals surface area (Å²) in [5.41, 5.74) is 2.03. The van der Waals surface area contributed by atoms with Gasteiger partial charge in [-0.3, -0.25) is 9.59 Å². The van der Waals surface area contributed by atoms with Gasteiger partial charge in [-0.1, -0.05) is 18.2 Å². The van der Waals surface area contributed by atoms with E-state index in [4.69, 9.17) is 0 Å². The normalized spacial score (nSPS) is 10.3. The average Bonchev–Trinajstić information content (AvgIpc) is 3.15. The molecule has 3 aromatic rings. The molecule has 0 aliphatic heterocycles. The van der Waals surface area contributed by atoms with Crippen LogP contribution in [0.4, 0.5) is 11.4 Å². The molecule has 2 amide bonds. The Morgan fingerprint density at radius 2 is 1.62 bits per heavy atom. The molecule has 26 heavy (non-hydrogen) atoms. The molecule has 2 aromatic carbocycles. The first-order chi connectivity index (χ1) is 12.6. The van der Waals surface area contributed by atoms with E-state index in [1.54, 1.807) is 47.4 Å². The van der Waals surface area contributed by atoms with Gasteiger partial charge < -0.3 is 10.6 Å². The maximum absolute atomic E-state index is 12.7. The van der Waals surface area contributed by atoms with Gasteiger partial charge in [0.25, 0.3) is 5.91 Å². The molecular formula is C20H18N2O2S2. The zero-order valence-electron chi connectivity index (χ0n) is 14.2. The van der Waals surface area contributed by atoms with Crippen LogP contribution in [-0.2, 0) is 10.5 Å². The molecule has 0 atom stereocenters. The van der Waals surface area contributed by atoms with E-state index >= 15 is 0 Å². The van der Waals surface area contributed by atoms with Gasteiger partial charge in [0.2, 0.25) is 5.91 Å². The van der Waals surface area contributed by atoms with Gasteiger partial charge in [-0.15, -0.1) is 23.1 Å². The maximum atomic E-state index is 12.7. The van der Waals surface area contributed by atoms with Gasteiger partial charge in [0.1, 0.15) is 0 Å². The number of anilines is 2. The van der Waals surface area contributed by atoms with Crippen LogP contribution >= 0.6 is 23.1 Å². The summed E-state index contributed by atoms with van der Waals surface area (Å²) in [5, 5.41) is 7.67. The highest BCUT2D eigenvalue weighted by Gasteiger charge is 2.12. The standard InChI is InChI=1S/C20H18N2O2S2/c1-14(23)21-15-8-10-16(11-9-15)22-20(24)18-6-2-3-7-19(18)26-13-17-5-4-12-25-17/h2-12H,13H2,1H3,(H,21,23)(H,22,24). The number of hydrogen-bond acceptors (Lipinski definition) is 4.